The first-order valence-electron chi connectivity index (χ1n) is 7.91. The summed E-state index contributed by atoms with van der Waals surface area (Å²) in [5.41, 5.74) is 1.95. The summed E-state index contributed by atoms with van der Waals surface area (Å²) in [6.45, 7) is 5.43. The predicted molar refractivity (Wildman–Crippen MR) is 92.2 cm³/mol. The Labute approximate surface area is 142 Å². The number of hydrogen-bond donors (Lipinski definition) is 1. The molecule has 126 valence electrons. The van der Waals surface area contributed by atoms with Crippen LogP contribution in [0.15, 0.2) is 17.0 Å². The number of aryl methyl sites for hydroxylation is 1. The van der Waals surface area contributed by atoms with Gasteiger partial charge in [0, 0.05) is 49.4 Å². The minimum absolute atomic E-state index is 0.414. The summed E-state index contributed by atoms with van der Waals surface area (Å²) in [4.78, 5) is 11.4. The molecule has 0 radical (unpaired) electrons. The monoisotopic (exact) mass is 346 g/mol. The fourth-order valence-electron chi connectivity index (χ4n) is 2.60. The average Bonchev–Trinajstić information content (AvgIpc) is 3.28. The molecule has 0 aromatic carbocycles. The van der Waals surface area contributed by atoms with Gasteiger partial charge in [-0.1, -0.05) is 0 Å². The van der Waals surface area contributed by atoms with E-state index < -0.39 is 0 Å². The second kappa shape index (κ2) is 6.63. The quantitative estimate of drug-likeness (QED) is 0.735. The van der Waals surface area contributed by atoms with E-state index in [1.54, 1.807) is 0 Å². The van der Waals surface area contributed by atoms with Gasteiger partial charge in [0.05, 0.1) is 6.20 Å². The van der Waals surface area contributed by atoms with E-state index in [1.165, 1.54) is 0 Å². The molecule has 1 saturated heterocycles. The molecule has 1 aliphatic rings. The molecule has 9 nitrogen and oxygen atoms in total. The minimum Gasteiger partial charge on any atom is -0.363 e. The molecular weight excluding hydrogens is 328 g/mol. The second-order valence-corrected chi connectivity index (χ2v) is 6.69. The van der Waals surface area contributed by atoms with Crippen LogP contribution in [0.2, 0.25) is 0 Å². The van der Waals surface area contributed by atoms with E-state index in [0.29, 0.717) is 23.7 Å². The molecule has 4 heterocycles. The lowest BCUT2D eigenvalue weighted by molar-refractivity contribution is 0.314. The van der Waals surface area contributed by atoms with Crippen molar-refractivity contribution in [2.24, 2.45) is 0 Å². The van der Waals surface area contributed by atoms with E-state index in [4.69, 9.17) is 4.63 Å². The lowest BCUT2D eigenvalue weighted by Gasteiger charge is -2.28. The van der Waals surface area contributed by atoms with Gasteiger partial charge in [-0.25, -0.2) is 14.6 Å². The Hall–Kier alpha value is -2.36. The number of thioether (sulfide) groups is 1. The molecule has 10 heteroatoms. The molecule has 1 aliphatic heterocycles. The average molecular weight is 346 g/mol. The summed E-state index contributed by atoms with van der Waals surface area (Å²) in [5, 5.41) is 15.3. The molecule has 0 spiro atoms. The maximum atomic E-state index is 4.75. The van der Waals surface area contributed by atoms with Crippen LogP contribution in [0.3, 0.4) is 0 Å². The minimum atomic E-state index is 0.414. The van der Waals surface area contributed by atoms with Crippen LogP contribution in [-0.2, 0) is 13.1 Å². The number of anilines is 2. The lowest BCUT2D eigenvalue weighted by Crippen LogP contribution is -2.34. The Morgan fingerprint density at radius 1 is 1.21 bits per heavy atom. The highest BCUT2D eigenvalue weighted by Gasteiger charge is 2.20. The molecule has 3 aromatic heterocycles. The van der Waals surface area contributed by atoms with Crippen molar-refractivity contribution in [1.82, 2.24) is 30.1 Å². The number of fused-ring (bicyclic) bond motifs is 1. The summed E-state index contributed by atoms with van der Waals surface area (Å²) in [5.74, 6) is 3.68. The number of nitrogens with one attached hydrogen (secondary N) is 1. The molecular formula is C14H18N8OS. The van der Waals surface area contributed by atoms with Crippen LogP contribution in [0, 0.1) is 0 Å². The highest BCUT2D eigenvalue weighted by molar-refractivity contribution is 7.99. The lowest BCUT2D eigenvalue weighted by atomic mass is 10.3. The number of rotatable bonds is 5. The van der Waals surface area contributed by atoms with Crippen molar-refractivity contribution in [3.63, 3.8) is 0 Å². The third-order valence-corrected chi connectivity index (χ3v) is 4.82. The van der Waals surface area contributed by atoms with Crippen LogP contribution in [0.4, 0.5) is 11.6 Å². The molecule has 24 heavy (non-hydrogen) atoms. The SMILES string of the molecule is CCn1cc(CNc2nc3nonc3nc2N2CCSCC2)cn1. The molecule has 0 saturated carbocycles. The van der Waals surface area contributed by atoms with Crippen LogP contribution < -0.4 is 10.2 Å². The Kier molecular flexibility index (Phi) is 4.20. The van der Waals surface area contributed by atoms with Gasteiger partial charge in [0.2, 0.25) is 11.3 Å². The molecule has 1 fully saturated rings. The van der Waals surface area contributed by atoms with E-state index in [2.05, 4.69) is 42.5 Å². The van der Waals surface area contributed by atoms with Gasteiger partial charge in [-0.05, 0) is 17.2 Å². The van der Waals surface area contributed by atoms with Crippen LogP contribution in [-0.4, -0.2) is 54.7 Å². The summed E-state index contributed by atoms with van der Waals surface area (Å²) in [6.07, 6.45) is 3.88. The summed E-state index contributed by atoms with van der Waals surface area (Å²) in [6, 6.07) is 0. The standard InChI is InChI=1S/C14H18N8OS/c1-2-22-9-10(8-16-22)7-15-13-14(21-3-5-24-6-4-21)18-12-11(17-13)19-23-20-12/h8-9H,2-7H2,1H3,(H,15,17,19). The maximum Gasteiger partial charge on any atom is 0.245 e. The van der Waals surface area contributed by atoms with Gasteiger partial charge in [0.1, 0.15) is 0 Å². The molecule has 0 aliphatic carbocycles. The van der Waals surface area contributed by atoms with E-state index in [1.807, 2.05) is 28.8 Å². The summed E-state index contributed by atoms with van der Waals surface area (Å²) in [7, 11) is 0. The zero-order valence-corrected chi connectivity index (χ0v) is 14.2. The fourth-order valence-corrected chi connectivity index (χ4v) is 3.50. The van der Waals surface area contributed by atoms with Crippen LogP contribution >= 0.6 is 11.8 Å². The van der Waals surface area contributed by atoms with E-state index in [0.717, 1.165) is 42.5 Å². The third-order valence-electron chi connectivity index (χ3n) is 3.88. The van der Waals surface area contributed by atoms with E-state index >= 15 is 0 Å². The number of nitrogens with zero attached hydrogens (tertiary/aromatic N) is 7. The van der Waals surface area contributed by atoms with Crippen molar-refractivity contribution in [2.75, 3.05) is 34.8 Å². The summed E-state index contributed by atoms with van der Waals surface area (Å²) < 4.78 is 6.65. The highest BCUT2D eigenvalue weighted by atomic mass is 32.2. The van der Waals surface area contributed by atoms with Gasteiger partial charge in [0.25, 0.3) is 0 Å². The topological polar surface area (TPSA) is 97.8 Å². The van der Waals surface area contributed by atoms with Crippen LogP contribution in [0.25, 0.3) is 11.3 Å². The van der Waals surface area contributed by atoms with Crippen LogP contribution in [0.5, 0.6) is 0 Å². The highest BCUT2D eigenvalue weighted by Crippen LogP contribution is 2.26. The molecule has 0 atom stereocenters. The number of hydrogen-bond acceptors (Lipinski definition) is 9. The largest absolute Gasteiger partial charge is 0.363 e. The zero-order chi connectivity index (χ0) is 16.4. The number of aromatic nitrogens is 6. The van der Waals surface area contributed by atoms with Gasteiger partial charge in [-0.3, -0.25) is 4.68 Å². The Morgan fingerprint density at radius 2 is 2.00 bits per heavy atom. The van der Waals surface area contributed by atoms with Gasteiger partial charge < -0.3 is 10.2 Å². The van der Waals surface area contributed by atoms with Crippen molar-refractivity contribution < 1.29 is 4.63 Å². The van der Waals surface area contributed by atoms with Gasteiger partial charge in [0.15, 0.2) is 11.6 Å². The van der Waals surface area contributed by atoms with Gasteiger partial charge in [-0.15, -0.1) is 0 Å². The van der Waals surface area contributed by atoms with Crippen molar-refractivity contribution in [1.29, 1.82) is 0 Å². The molecule has 0 amide bonds. The van der Waals surface area contributed by atoms with E-state index in [9.17, 15) is 0 Å². The predicted octanol–water partition coefficient (Wildman–Crippen LogP) is 1.39. The second-order valence-electron chi connectivity index (χ2n) is 5.46. The van der Waals surface area contributed by atoms with Crippen molar-refractivity contribution in [3.05, 3.63) is 18.0 Å². The molecule has 0 unspecified atom stereocenters. The Balaban J connectivity index is 1.61. The normalized spacial score (nSPS) is 15.1. The smallest absolute Gasteiger partial charge is 0.245 e. The molecule has 4 rings (SSSR count). The van der Waals surface area contributed by atoms with Crippen LogP contribution in [0.1, 0.15) is 12.5 Å². The Morgan fingerprint density at radius 3 is 2.75 bits per heavy atom. The molecule has 0 bridgehead atoms. The Bertz CT molecular complexity index is 825. The first kappa shape index (κ1) is 15.2. The van der Waals surface area contributed by atoms with Crippen molar-refractivity contribution in [3.8, 4) is 0 Å². The first-order valence-corrected chi connectivity index (χ1v) is 9.07. The molecule has 3 aromatic rings. The zero-order valence-electron chi connectivity index (χ0n) is 13.3. The van der Waals surface area contributed by atoms with Crippen molar-refractivity contribution >= 4 is 34.7 Å². The van der Waals surface area contributed by atoms with E-state index in [-0.39, 0.29) is 0 Å². The van der Waals surface area contributed by atoms with Gasteiger partial charge in [-0.2, -0.15) is 16.9 Å². The summed E-state index contributed by atoms with van der Waals surface area (Å²) >= 11 is 1.95. The third kappa shape index (κ3) is 3.01. The fraction of sp³-hybridized carbons (Fsp3) is 0.500. The molecule has 1 N–H and O–H groups in total. The van der Waals surface area contributed by atoms with Gasteiger partial charge >= 0.3 is 0 Å². The maximum absolute atomic E-state index is 4.75. The van der Waals surface area contributed by atoms with Crippen molar-refractivity contribution in [2.45, 2.75) is 20.0 Å². The first-order chi connectivity index (χ1) is 11.8.